The molecule has 2 bridgehead atoms. The van der Waals surface area contributed by atoms with E-state index in [1.54, 1.807) is 6.92 Å². The fraction of sp³-hybridized carbons (Fsp3) is 0.900. The largest absolute Gasteiger partial charge is 0.356 e. The lowest BCUT2D eigenvalue weighted by Gasteiger charge is -2.28. The van der Waals surface area contributed by atoms with Crippen LogP contribution in [-0.2, 0) is 4.79 Å². The summed E-state index contributed by atoms with van der Waals surface area (Å²) in [7, 11) is 0. The van der Waals surface area contributed by atoms with Crippen LogP contribution in [0.5, 0.6) is 0 Å². The fourth-order valence-corrected chi connectivity index (χ4v) is 2.63. The molecular formula is C10H18N2O. The summed E-state index contributed by atoms with van der Waals surface area (Å²) in [4.78, 5) is 10.7. The first-order chi connectivity index (χ1) is 6.24. The van der Waals surface area contributed by atoms with Gasteiger partial charge < -0.3 is 10.6 Å². The molecule has 3 nitrogen and oxygen atoms in total. The van der Waals surface area contributed by atoms with Crippen molar-refractivity contribution in [1.82, 2.24) is 10.6 Å². The zero-order valence-corrected chi connectivity index (χ0v) is 8.18. The summed E-state index contributed by atoms with van der Waals surface area (Å²) in [6.07, 6.45) is 5.16. The molecule has 74 valence electrons. The summed E-state index contributed by atoms with van der Waals surface area (Å²) >= 11 is 0. The van der Waals surface area contributed by atoms with Crippen LogP contribution in [0.15, 0.2) is 0 Å². The van der Waals surface area contributed by atoms with Crippen molar-refractivity contribution in [1.29, 1.82) is 0 Å². The van der Waals surface area contributed by atoms with Crippen molar-refractivity contribution in [3.63, 3.8) is 0 Å². The number of hydrogen-bond donors (Lipinski definition) is 2. The highest BCUT2D eigenvalue weighted by Gasteiger charge is 2.33. The number of hydrogen-bond acceptors (Lipinski definition) is 2. The normalized spacial score (nSPS) is 37.5. The third-order valence-corrected chi connectivity index (χ3v) is 3.21. The number of rotatable bonds is 2. The number of carbonyl (C=O) groups excluding carboxylic acids is 1. The molecule has 2 saturated heterocycles. The van der Waals surface area contributed by atoms with Gasteiger partial charge in [-0.2, -0.15) is 0 Å². The molecule has 3 heteroatoms. The Balaban J connectivity index is 1.78. The Bertz CT molecular complexity index is 193. The molecule has 2 heterocycles. The van der Waals surface area contributed by atoms with E-state index in [9.17, 15) is 4.79 Å². The van der Waals surface area contributed by atoms with Crippen LogP contribution < -0.4 is 10.6 Å². The second-order valence-corrected chi connectivity index (χ2v) is 4.41. The Hall–Kier alpha value is -0.570. The first-order valence-electron chi connectivity index (χ1n) is 5.24. The molecule has 2 N–H and O–H groups in total. The molecule has 0 aliphatic carbocycles. The van der Waals surface area contributed by atoms with Gasteiger partial charge in [-0.05, 0) is 31.6 Å². The molecule has 13 heavy (non-hydrogen) atoms. The number of fused-ring (bicyclic) bond motifs is 2. The second kappa shape index (κ2) is 3.66. The first kappa shape index (κ1) is 9.00. The summed E-state index contributed by atoms with van der Waals surface area (Å²) in [5, 5.41) is 6.51. The van der Waals surface area contributed by atoms with E-state index in [0.29, 0.717) is 5.92 Å². The predicted octanol–water partition coefficient (Wildman–Crippen LogP) is 0.653. The van der Waals surface area contributed by atoms with Gasteiger partial charge in [-0.1, -0.05) is 0 Å². The fourth-order valence-electron chi connectivity index (χ4n) is 2.63. The molecule has 2 rings (SSSR count). The zero-order chi connectivity index (χ0) is 9.26. The van der Waals surface area contributed by atoms with Crippen LogP contribution in [0.1, 0.15) is 32.6 Å². The Labute approximate surface area is 79.3 Å². The van der Waals surface area contributed by atoms with E-state index in [4.69, 9.17) is 0 Å². The van der Waals surface area contributed by atoms with Gasteiger partial charge in [0, 0.05) is 25.6 Å². The standard InChI is InChI=1S/C10H18N2O/c1-7(13)11-6-8-4-9-2-3-10(5-8)12-9/h8-10,12H,2-6H2,1H3,(H,11,13)/t8?,9-,10+. The van der Waals surface area contributed by atoms with Gasteiger partial charge in [0.2, 0.25) is 5.91 Å². The maximum atomic E-state index is 10.7. The van der Waals surface area contributed by atoms with E-state index in [1.807, 2.05) is 0 Å². The third-order valence-electron chi connectivity index (χ3n) is 3.21. The lowest BCUT2D eigenvalue weighted by atomic mass is 9.92. The van der Waals surface area contributed by atoms with Crippen LogP contribution in [0.4, 0.5) is 0 Å². The van der Waals surface area contributed by atoms with Gasteiger partial charge in [0.1, 0.15) is 0 Å². The second-order valence-electron chi connectivity index (χ2n) is 4.41. The Morgan fingerprint density at radius 3 is 2.54 bits per heavy atom. The van der Waals surface area contributed by atoms with E-state index >= 15 is 0 Å². The van der Waals surface area contributed by atoms with Gasteiger partial charge in [-0.3, -0.25) is 4.79 Å². The van der Waals surface area contributed by atoms with Crippen LogP contribution in [0.2, 0.25) is 0 Å². The first-order valence-corrected chi connectivity index (χ1v) is 5.24. The molecule has 1 unspecified atom stereocenters. The summed E-state index contributed by atoms with van der Waals surface area (Å²) in [6, 6.07) is 1.47. The minimum Gasteiger partial charge on any atom is -0.356 e. The van der Waals surface area contributed by atoms with Gasteiger partial charge in [0.25, 0.3) is 0 Å². The number of amides is 1. The van der Waals surface area contributed by atoms with Crippen LogP contribution in [0.25, 0.3) is 0 Å². The molecule has 0 aromatic carbocycles. The summed E-state index contributed by atoms with van der Waals surface area (Å²) < 4.78 is 0. The van der Waals surface area contributed by atoms with E-state index in [1.165, 1.54) is 25.7 Å². The number of piperidine rings is 1. The van der Waals surface area contributed by atoms with Crippen LogP contribution in [-0.4, -0.2) is 24.5 Å². The smallest absolute Gasteiger partial charge is 0.216 e. The van der Waals surface area contributed by atoms with Gasteiger partial charge >= 0.3 is 0 Å². The Morgan fingerprint density at radius 2 is 2.00 bits per heavy atom. The topological polar surface area (TPSA) is 41.1 Å². The molecule has 0 spiro atoms. The van der Waals surface area contributed by atoms with Crippen LogP contribution in [0, 0.1) is 5.92 Å². The minimum absolute atomic E-state index is 0.103. The lowest BCUT2D eigenvalue weighted by Crippen LogP contribution is -2.41. The maximum Gasteiger partial charge on any atom is 0.216 e. The van der Waals surface area contributed by atoms with E-state index in [-0.39, 0.29) is 5.91 Å². The average Bonchev–Trinajstić information content (AvgIpc) is 2.42. The number of nitrogens with one attached hydrogen (secondary N) is 2. The van der Waals surface area contributed by atoms with E-state index in [2.05, 4.69) is 10.6 Å². The molecule has 2 aliphatic heterocycles. The van der Waals surface area contributed by atoms with Crippen LogP contribution in [0.3, 0.4) is 0 Å². The Kier molecular flexibility index (Phi) is 2.54. The molecule has 1 amide bonds. The van der Waals surface area contributed by atoms with Gasteiger partial charge in [0.05, 0.1) is 0 Å². The number of carbonyl (C=O) groups is 1. The van der Waals surface area contributed by atoms with Crippen molar-refractivity contribution in [3.05, 3.63) is 0 Å². The molecule has 3 atom stereocenters. The zero-order valence-electron chi connectivity index (χ0n) is 8.18. The third kappa shape index (κ3) is 2.21. The predicted molar refractivity (Wildman–Crippen MR) is 51.4 cm³/mol. The van der Waals surface area contributed by atoms with Gasteiger partial charge in [-0.15, -0.1) is 0 Å². The quantitative estimate of drug-likeness (QED) is 0.658. The van der Waals surface area contributed by atoms with Crippen molar-refractivity contribution in [2.45, 2.75) is 44.7 Å². The van der Waals surface area contributed by atoms with Gasteiger partial charge in [0.15, 0.2) is 0 Å². The molecular weight excluding hydrogens is 164 g/mol. The summed E-state index contributed by atoms with van der Waals surface area (Å²) in [5.74, 6) is 0.813. The molecule has 0 radical (unpaired) electrons. The average molecular weight is 182 g/mol. The van der Waals surface area contributed by atoms with Crippen molar-refractivity contribution < 1.29 is 4.79 Å². The van der Waals surface area contributed by atoms with Gasteiger partial charge in [-0.25, -0.2) is 0 Å². The summed E-state index contributed by atoms with van der Waals surface area (Å²) in [5.41, 5.74) is 0. The highest BCUT2D eigenvalue weighted by molar-refractivity contribution is 5.72. The van der Waals surface area contributed by atoms with Crippen molar-refractivity contribution in [2.75, 3.05) is 6.54 Å². The minimum atomic E-state index is 0.103. The lowest BCUT2D eigenvalue weighted by molar-refractivity contribution is -0.119. The van der Waals surface area contributed by atoms with E-state index < -0.39 is 0 Å². The highest BCUT2D eigenvalue weighted by Crippen LogP contribution is 2.30. The maximum absolute atomic E-state index is 10.7. The molecule has 0 aromatic heterocycles. The highest BCUT2D eigenvalue weighted by atomic mass is 16.1. The van der Waals surface area contributed by atoms with Crippen molar-refractivity contribution >= 4 is 5.91 Å². The Morgan fingerprint density at radius 1 is 1.38 bits per heavy atom. The van der Waals surface area contributed by atoms with Crippen molar-refractivity contribution in [2.24, 2.45) is 5.92 Å². The van der Waals surface area contributed by atoms with Crippen molar-refractivity contribution in [3.8, 4) is 0 Å². The van der Waals surface area contributed by atoms with Crippen LogP contribution >= 0.6 is 0 Å². The van der Waals surface area contributed by atoms with E-state index in [0.717, 1.165) is 18.6 Å². The SMILES string of the molecule is CC(=O)NCC1C[C@H]2CC[C@@H](C1)N2. The molecule has 0 aromatic rings. The molecule has 0 saturated carbocycles. The molecule has 2 aliphatic rings. The monoisotopic (exact) mass is 182 g/mol. The molecule has 2 fully saturated rings. The summed E-state index contributed by atoms with van der Waals surface area (Å²) in [6.45, 7) is 2.47.